The SMILES string of the molecule is O=C(c1ccc(F)cc1)N1CCC[C@H](c2nc(-c3ccc(F)cc3F)co2)C1.O=C(c1ccc(F)nc1)N1CCC[C@H](c2nc(-c3ccc(F)cc3F)co2)C1. The molecule has 288 valence electrons. The number of rotatable bonds is 6. The lowest BCUT2D eigenvalue weighted by molar-refractivity contribution is 0.0690. The Labute approximate surface area is 316 Å². The first-order chi connectivity index (χ1) is 27.0. The third kappa shape index (κ3) is 8.66. The van der Waals surface area contributed by atoms with Crippen LogP contribution in [0.3, 0.4) is 0 Å². The highest BCUT2D eigenvalue weighted by atomic mass is 19.2. The summed E-state index contributed by atoms with van der Waals surface area (Å²) in [5, 5.41) is 0. The highest BCUT2D eigenvalue weighted by molar-refractivity contribution is 5.94. The highest BCUT2D eigenvalue weighted by Gasteiger charge is 2.30. The van der Waals surface area contributed by atoms with E-state index in [0.29, 0.717) is 49.1 Å². The summed E-state index contributed by atoms with van der Waals surface area (Å²) in [5.74, 6) is -3.69. The van der Waals surface area contributed by atoms with Crippen LogP contribution in [-0.2, 0) is 0 Å². The Morgan fingerprint density at radius 1 is 0.589 bits per heavy atom. The van der Waals surface area contributed by atoms with Crippen LogP contribution in [0.2, 0.25) is 0 Å². The molecule has 2 aliphatic heterocycles. The van der Waals surface area contributed by atoms with Gasteiger partial charge >= 0.3 is 0 Å². The molecule has 2 atom stereocenters. The second kappa shape index (κ2) is 16.6. The number of piperidine rings is 2. The van der Waals surface area contributed by atoms with Gasteiger partial charge in [0.1, 0.15) is 53.0 Å². The molecule has 2 fully saturated rings. The van der Waals surface area contributed by atoms with Crippen LogP contribution in [0.25, 0.3) is 22.5 Å². The molecule has 56 heavy (non-hydrogen) atoms. The van der Waals surface area contributed by atoms with Crippen molar-refractivity contribution >= 4 is 11.8 Å². The molecule has 6 aromatic rings. The average molecular weight is 774 g/mol. The fraction of sp³-hybridized carbons (Fsp3) is 0.244. The molecule has 3 aromatic heterocycles. The lowest BCUT2D eigenvalue weighted by Gasteiger charge is -2.31. The third-order valence-corrected chi connectivity index (χ3v) is 9.64. The van der Waals surface area contributed by atoms with Crippen molar-refractivity contribution in [3.63, 3.8) is 0 Å². The van der Waals surface area contributed by atoms with Crippen molar-refractivity contribution in [3.05, 3.63) is 149 Å². The van der Waals surface area contributed by atoms with Crippen LogP contribution in [0.4, 0.5) is 26.3 Å². The maximum absolute atomic E-state index is 14.0. The van der Waals surface area contributed by atoms with E-state index in [1.54, 1.807) is 9.80 Å². The van der Waals surface area contributed by atoms with Gasteiger partial charge < -0.3 is 18.6 Å². The highest BCUT2D eigenvalue weighted by Crippen LogP contribution is 2.32. The minimum absolute atomic E-state index is 0.129. The Hall–Kier alpha value is -6.25. The van der Waals surface area contributed by atoms with Crippen LogP contribution in [0.15, 0.2) is 100 Å². The Kier molecular flexibility index (Phi) is 11.3. The second-order valence-corrected chi connectivity index (χ2v) is 13.4. The van der Waals surface area contributed by atoms with Gasteiger partial charge in [-0.05, 0) is 86.3 Å². The maximum Gasteiger partial charge on any atom is 0.255 e. The van der Waals surface area contributed by atoms with E-state index in [4.69, 9.17) is 8.83 Å². The van der Waals surface area contributed by atoms with E-state index in [9.17, 15) is 35.9 Å². The molecule has 3 aromatic carbocycles. The van der Waals surface area contributed by atoms with Crippen molar-refractivity contribution in [3.8, 4) is 22.5 Å². The fourth-order valence-corrected chi connectivity index (χ4v) is 6.78. The summed E-state index contributed by atoms with van der Waals surface area (Å²) in [6, 6.07) is 14.5. The van der Waals surface area contributed by atoms with Gasteiger partial charge in [-0.25, -0.2) is 36.9 Å². The summed E-state index contributed by atoms with van der Waals surface area (Å²) >= 11 is 0. The predicted octanol–water partition coefficient (Wildman–Crippen LogP) is 8.95. The molecule has 15 heteroatoms. The molecule has 0 aliphatic carbocycles. The van der Waals surface area contributed by atoms with E-state index < -0.39 is 35.0 Å². The number of oxazole rings is 2. The quantitative estimate of drug-likeness (QED) is 0.123. The maximum atomic E-state index is 14.0. The van der Waals surface area contributed by atoms with E-state index >= 15 is 0 Å². The first-order valence-electron chi connectivity index (χ1n) is 17.8. The summed E-state index contributed by atoms with van der Waals surface area (Å²) in [4.78, 5) is 40.8. The third-order valence-electron chi connectivity index (χ3n) is 9.64. The van der Waals surface area contributed by atoms with Crippen molar-refractivity contribution < 1.29 is 44.8 Å². The molecular formula is C41H33F6N5O4. The predicted molar refractivity (Wildman–Crippen MR) is 190 cm³/mol. The van der Waals surface area contributed by atoms with Crippen LogP contribution in [0.1, 0.15) is 70.0 Å². The zero-order chi connectivity index (χ0) is 39.3. The topological polar surface area (TPSA) is 106 Å². The fourth-order valence-electron chi connectivity index (χ4n) is 6.78. The standard InChI is InChI=1S/C21H17F3N2O2.C20H16F3N3O2/c22-15-5-3-13(4-6-15)21(27)26-9-1-2-14(11-26)20-25-19(12-28-20)17-8-7-16(23)10-18(17)24;21-14-4-5-15(16(22)8-14)17-11-28-19(25-17)13-2-1-7-26(10-13)20(27)12-3-6-18(23)24-9-12/h3-8,10,12,14H,1-2,9,11H2;3-6,8-9,11,13H,1-2,7,10H2/t14-;13-/m00/s1. The number of amides is 2. The minimum Gasteiger partial charge on any atom is -0.448 e. The van der Waals surface area contributed by atoms with E-state index in [-0.39, 0.29) is 46.2 Å². The summed E-state index contributed by atoms with van der Waals surface area (Å²) in [6.07, 6.45) is 6.93. The van der Waals surface area contributed by atoms with Gasteiger partial charge in [-0.3, -0.25) is 9.59 Å². The van der Waals surface area contributed by atoms with Gasteiger partial charge in [-0.15, -0.1) is 0 Å². The second-order valence-electron chi connectivity index (χ2n) is 13.4. The molecule has 2 amide bonds. The first kappa shape index (κ1) is 38.0. The molecule has 0 N–H and O–H groups in total. The zero-order valence-electron chi connectivity index (χ0n) is 29.6. The minimum atomic E-state index is -0.718. The molecule has 8 rings (SSSR count). The van der Waals surface area contributed by atoms with Gasteiger partial charge in [0.2, 0.25) is 5.95 Å². The molecule has 0 radical (unpaired) electrons. The van der Waals surface area contributed by atoms with Gasteiger partial charge in [-0.1, -0.05) is 0 Å². The Morgan fingerprint density at radius 2 is 1.05 bits per heavy atom. The largest absolute Gasteiger partial charge is 0.448 e. The first-order valence-corrected chi connectivity index (χ1v) is 17.8. The molecule has 9 nitrogen and oxygen atoms in total. The Bertz CT molecular complexity index is 2170. The summed E-state index contributed by atoms with van der Waals surface area (Å²) in [6.45, 7) is 1.93. The van der Waals surface area contributed by atoms with Crippen LogP contribution >= 0.6 is 0 Å². The number of aromatic nitrogens is 3. The van der Waals surface area contributed by atoms with E-state index in [1.165, 1.54) is 61.2 Å². The van der Waals surface area contributed by atoms with Gasteiger partial charge in [0.15, 0.2) is 11.8 Å². The number of pyridine rings is 1. The van der Waals surface area contributed by atoms with Gasteiger partial charge in [0.05, 0.1) is 17.4 Å². The van der Waals surface area contributed by atoms with Crippen LogP contribution in [0, 0.1) is 35.0 Å². The Morgan fingerprint density at radius 3 is 1.52 bits per heavy atom. The van der Waals surface area contributed by atoms with E-state index in [2.05, 4.69) is 15.0 Å². The average Bonchev–Trinajstić information content (AvgIpc) is 3.90. The molecular weight excluding hydrogens is 740 g/mol. The van der Waals surface area contributed by atoms with Gasteiger partial charge in [0, 0.05) is 61.2 Å². The molecule has 0 unspecified atom stereocenters. The summed E-state index contributed by atoms with van der Waals surface area (Å²) in [7, 11) is 0. The normalized spacial score (nSPS) is 17.0. The molecule has 0 bridgehead atoms. The smallest absolute Gasteiger partial charge is 0.255 e. The van der Waals surface area contributed by atoms with E-state index in [1.807, 2.05) is 0 Å². The lowest BCUT2D eigenvalue weighted by Crippen LogP contribution is -2.39. The monoisotopic (exact) mass is 773 g/mol. The number of carbonyl (C=O) groups excluding carboxylic acids is 2. The number of carbonyl (C=O) groups is 2. The molecule has 0 saturated carbocycles. The Balaban J connectivity index is 0.000000172. The van der Waals surface area contributed by atoms with Crippen LogP contribution in [-0.4, -0.2) is 62.7 Å². The molecule has 2 saturated heterocycles. The number of hydrogen-bond donors (Lipinski definition) is 0. The number of hydrogen-bond acceptors (Lipinski definition) is 7. The van der Waals surface area contributed by atoms with Crippen molar-refractivity contribution in [1.82, 2.24) is 24.8 Å². The molecule has 5 heterocycles. The lowest BCUT2D eigenvalue weighted by atomic mass is 9.97. The number of nitrogens with zero attached hydrogens (tertiary/aromatic N) is 5. The van der Waals surface area contributed by atoms with Crippen molar-refractivity contribution in [2.45, 2.75) is 37.5 Å². The van der Waals surface area contributed by atoms with Crippen molar-refractivity contribution in [2.75, 3.05) is 26.2 Å². The van der Waals surface area contributed by atoms with Gasteiger partial charge in [-0.2, -0.15) is 4.39 Å². The number of benzene rings is 3. The van der Waals surface area contributed by atoms with Crippen LogP contribution in [0.5, 0.6) is 0 Å². The number of halogens is 6. The molecule has 2 aliphatic rings. The zero-order valence-corrected chi connectivity index (χ0v) is 29.6. The molecule has 0 spiro atoms. The van der Waals surface area contributed by atoms with Crippen molar-refractivity contribution in [2.24, 2.45) is 0 Å². The van der Waals surface area contributed by atoms with Crippen LogP contribution < -0.4 is 0 Å². The summed E-state index contributed by atoms with van der Waals surface area (Å²) in [5.41, 5.74) is 1.60. The van der Waals surface area contributed by atoms with Gasteiger partial charge in [0.25, 0.3) is 11.8 Å². The van der Waals surface area contributed by atoms with Crippen molar-refractivity contribution in [1.29, 1.82) is 0 Å². The number of likely N-dealkylation sites (tertiary alicyclic amines) is 2. The summed E-state index contributed by atoms with van der Waals surface area (Å²) < 4.78 is 91.2. The van der Waals surface area contributed by atoms with E-state index in [0.717, 1.165) is 56.0 Å².